The third-order valence-electron chi connectivity index (χ3n) is 3.65. The van der Waals surface area contributed by atoms with Gasteiger partial charge in [-0.05, 0) is 30.0 Å². The topological polar surface area (TPSA) is 87.6 Å². The van der Waals surface area contributed by atoms with Gasteiger partial charge in [0.2, 0.25) is 5.95 Å². The van der Waals surface area contributed by atoms with Gasteiger partial charge in [-0.2, -0.15) is 0 Å². The van der Waals surface area contributed by atoms with Crippen LogP contribution in [-0.4, -0.2) is 27.6 Å². The number of fused-ring (bicyclic) bond motifs is 1. The molecule has 108 valence electrons. The highest BCUT2D eigenvalue weighted by Crippen LogP contribution is 2.21. The van der Waals surface area contributed by atoms with E-state index in [4.69, 9.17) is 10.9 Å². The van der Waals surface area contributed by atoms with Crippen molar-refractivity contribution >= 4 is 11.8 Å². The molecular formula is C15H17N5O. The number of aromatic nitrogens is 2. The minimum Gasteiger partial charge on any atom is -0.409 e. The van der Waals surface area contributed by atoms with Crippen LogP contribution in [0.4, 0.5) is 5.95 Å². The highest BCUT2D eigenvalue weighted by atomic mass is 16.4. The van der Waals surface area contributed by atoms with Crippen LogP contribution in [0.3, 0.4) is 0 Å². The molecule has 0 unspecified atom stereocenters. The molecule has 0 saturated heterocycles. The molecule has 21 heavy (non-hydrogen) atoms. The molecule has 0 spiro atoms. The molecule has 0 saturated carbocycles. The first-order chi connectivity index (χ1) is 10.3. The van der Waals surface area contributed by atoms with E-state index < -0.39 is 0 Å². The molecular weight excluding hydrogens is 266 g/mol. The lowest BCUT2D eigenvalue weighted by atomic mass is 10.0. The normalized spacial score (nSPS) is 15.4. The summed E-state index contributed by atoms with van der Waals surface area (Å²) in [6.45, 7) is 1.66. The zero-order valence-electron chi connectivity index (χ0n) is 11.6. The Morgan fingerprint density at radius 2 is 2.05 bits per heavy atom. The maximum Gasteiger partial charge on any atom is 0.226 e. The second-order valence-electron chi connectivity index (χ2n) is 5.02. The molecule has 2 aromatic rings. The number of aryl methyl sites for hydroxylation is 1. The first-order valence-corrected chi connectivity index (χ1v) is 6.90. The van der Waals surface area contributed by atoms with Crippen LogP contribution in [0.2, 0.25) is 0 Å². The van der Waals surface area contributed by atoms with Gasteiger partial charge in [-0.3, -0.25) is 0 Å². The number of hydrogen-bond acceptors (Lipinski definition) is 5. The first-order valence-electron chi connectivity index (χ1n) is 6.90. The molecule has 6 heteroatoms. The van der Waals surface area contributed by atoms with Crippen LogP contribution in [0.1, 0.15) is 23.2 Å². The molecule has 0 bridgehead atoms. The lowest BCUT2D eigenvalue weighted by molar-refractivity contribution is 0.318. The minimum absolute atomic E-state index is 0.00567. The van der Waals surface area contributed by atoms with E-state index >= 15 is 0 Å². The number of anilines is 1. The second kappa shape index (κ2) is 5.78. The second-order valence-corrected chi connectivity index (χ2v) is 5.02. The summed E-state index contributed by atoms with van der Waals surface area (Å²) in [6, 6.07) is 10.1. The molecule has 0 fully saturated rings. The largest absolute Gasteiger partial charge is 0.409 e. The van der Waals surface area contributed by atoms with E-state index in [1.54, 1.807) is 12.3 Å². The summed E-state index contributed by atoms with van der Waals surface area (Å²) in [5.41, 5.74) is 8.70. The summed E-state index contributed by atoms with van der Waals surface area (Å²) in [6.07, 6.45) is 3.74. The number of nitrogens with zero attached hydrogens (tertiary/aromatic N) is 4. The molecule has 1 aromatic carbocycles. The lowest BCUT2D eigenvalue weighted by Crippen LogP contribution is -2.26. The molecule has 1 aliphatic heterocycles. The highest BCUT2D eigenvalue weighted by molar-refractivity contribution is 5.95. The third-order valence-corrected chi connectivity index (χ3v) is 3.65. The van der Waals surface area contributed by atoms with Crippen LogP contribution >= 0.6 is 0 Å². The molecule has 2 heterocycles. The highest BCUT2D eigenvalue weighted by Gasteiger charge is 2.17. The van der Waals surface area contributed by atoms with Crippen LogP contribution in [0.5, 0.6) is 0 Å². The maximum absolute atomic E-state index is 8.75. The fourth-order valence-corrected chi connectivity index (χ4v) is 2.57. The molecule has 1 aromatic heterocycles. The summed E-state index contributed by atoms with van der Waals surface area (Å²) in [5.74, 6) is 0.602. The van der Waals surface area contributed by atoms with E-state index in [2.05, 4.69) is 44.3 Å². The van der Waals surface area contributed by atoms with Crippen molar-refractivity contribution in [3.05, 3.63) is 53.3 Å². The van der Waals surface area contributed by atoms with Crippen molar-refractivity contribution in [2.75, 3.05) is 11.4 Å². The van der Waals surface area contributed by atoms with Crippen molar-refractivity contribution in [2.45, 2.75) is 19.4 Å². The van der Waals surface area contributed by atoms with Crippen LogP contribution in [-0.2, 0) is 13.0 Å². The SMILES string of the molecule is N/C(=N/O)c1ccnc(N2CCCc3ccccc3C2)n1. The van der Waals surface area contributed by atoms with Crippen LogP contribution in [0, 0.1) is 0 Å². The predicted molar refractivity (Wildman–Crippen MR) is 80.4 cm³/mol. The van der Waals surface area contributed by atoms with Crippen molar-refractivity contribution < 1.29 is 5.21 Å². The molecule has 0 amide bonds. The molecule has 6 nitrogen and oxygen atoms in total. The van der Waals surface area contributed by atoms with Gasteiger partial charge in [-0.25, -0.2) is 9.97 Å². The Kier molecular flexibility index (Phi) is 3.68. The molecule has 0 radical (unpaired) electrons. The van der Waals surface area contributed by atoms with Crippen molar-refractivity contribution in [3.8, 4) is 0 Å². The van der Waals surface area contributed by atoms with Gasteiger partial charge in [-0.1, -0.05) is 29.4 Å². The van der Waals surface area contributed by atoms with E-state index in [9.17, 15) is 0 Å². The average Bonchev–Trinajstić information content (AvgIpc) is 2.76. The van der Waals surface area contributed by atoms with E-state index in [1.165, 1.54) is 11.1 Å². The number of amidine groups is 1. The number of oxime groups is 1. The van der Waals surface area contributed by atoms with E-state index in [0.29, 0.717) is 11.6 Å². The van der Waals surface area contributed by atoms with E-state index in [0.717, 1.165) is 25.9 Å². The van der Waals surface area contributed by atoms with Gasteiger partial charge < -0.3 is 15.8 Å². The fraction of sp³-hybridized carbons (Fsp3) is 0.267. The quantitative estimate of drug-likeness (QED) is 0.377. The fourth-order valence-electron chi connectivity index (χ4n) is 2.57. The molecule has 0 aliphatic carbocycles. The molecule has 0 atom stereocenters. The maximum atomic E-state index is 8.75. The van der Waals surface area contributed by atoms with Gasteiger partial charge in [0, 0.05) is 19.3 Å². The van der Waals surface area contributed by atoms with Crippen molar-refractivity contribution in [1.82, 2.24) is 9.97 Å². The summed E-state index contributed by atoms with van der Waals surface area (Å²) < 4.78 is 0. The van der Waals surface area contributed by atoms with Gasteiger partial charge >= 0.3 is 0 Å². The monoisotopic (exact) mass is 283 g/mol. The Balaban J connectivity index is 1.91. The van der Waals surface area contributed by atoms with Gasteiger partial charge in [0.15, 0.2) is 5.84 Å². The Morgan fingerprint density at radius 1 is 1.24 bits per heavy atom. The number of hydrogen-bond donors (Lipinski definition) is 2. The molecule has 1 aliphatic rings. The Hall–Kier alpha value is -2.63. The zero-order chi connectivity index (χ0) is 14.7. The van der Waals surface area contributed by atoms with Crippen LogP contribution in [0.25, 0.3) is 0 Å². The van der Waals surface area contributed by atoms with Gasteiger partial charge in [0.05, 0.1) is 0 Å². The summed E-state index contributed by atoms with van der Waals surface area (Å²) >= 11 is 0. The third kappa shape index (κ3) is 2.79. The predicted octanol–water partition coefficient (Wildman–Crippen LogP) is 1.52. The van der Waals surface area contributed by atoms with Crippen LogP contribution < -0.4 is 10.6 Å². The Labute approximate surface area is 122 Å². The number of nitrogens with two attached hydrogens (primary N) is 1. The first kappa shape index (κ1) is 13.4. The van der Waals surface area contributed by atoms with Crippen molar-refractivity contribution in [3.63, 3.8) is 0 Å². The summed E-state index contributed by atoms with van der Waals surface area (Å²) in [4.78, 5) is 10.8. The lowest BCUT2D eigenvalue weighted by Gasteiger charge is -2.21. The smallest absolute Gasteiger partial charge is 0.226 e. The minimum atomic E-state index is -0.00567. The summed E-state index contributed by atoms with van der Waals surface area (Å²) in [7, 11) is 0. The van der Waals surface area contributed by atoms with Crippen molar-refractivity contribution in [1.29, 1.82) is 0 Å². The van der Waals surface area contributed by atoms with Gasteiger partial charge in [-0.15, -0.1) is 0 Å². The van der Waals surface area contributed by atoms with E-state index in [1.807, 2.05) is 0 Å². The summed E-state index contributed by atoms with van der Waals surface area (Å²) in [5, 5.41) is 11.7. The Morgan fingerprint density at radius 3 is 2.86 bits per heavy atom. The van der Waals surface area contributed by atoms with Gasteiger partial charge in [0.1, 0.15) is 5.69 Å². The number of benzene rings is 1. The molecule has 3 N–H and O–H groups in total. The average molecular weight is 283 g/mol. The van der Waals surface area contributed by atoms with Gasteiger partial charge in [0.25, 0.3) is 0 Å². The molecule has 3 rings (SSSR count). The Bertz CT molecular complexity index is 671. The van der Waals surface area contributed by atoms with Crippen LogP contribution in [0.15, 0.2) is 41.7 Å². The van der Waals surface area contributed by atoms with Crippen molar-refractivity contribution in [2.24, 2.45) is 10.9 Å². The standard InChI is InChI=1S/C15H17N5O/c16-14(19-21)13-7-8-17-15(18-13)20-9-3-6-11-4-1-2-5-12(11)10-20/h1-2,4-5,7-8,21H,3,6,9-10H2,(H2,16,19). The zero-order valence-corrected chi connectivity index (χ0v) is 11.6. The van der Waals surface area contributed by atoms with E-state index in [-0.39, 0.29) is 5.84 Å². The number of rotatable bonds is 2.